The van der Waals surface area contributed by atoms with Crippen LogP contribution in [0.4, 0.5) is 0 Å². The summed E-state index contributed by atoms with van der Waals surface area (Å²) in [6.45, 7) is 4.40. The maximum atomic E-state index is 5.19. The number of hydrazone groups is 1. The molecule has 1 heterocycles. The summed E-state index contributed by atoms with van der Waals surface area (Å²) < 4.78 is 10.2. The predicted molar refractivity (Wildman–Crippen MR) is 71.1 cm³/mol. The van der Waals surface area contributed by atoms with Gasteiger partial charge in [-0.2, -0.15) is 5.10 Å². The van der Waals surface area contributed by atoms with Crippen LogP contribution >= 0.6 is 12.2 Å². The summed E-state index contributed by atoms with van der Waals surface area (Å²) in [5.74, 6) is 0.713. The van der Waals surface area contributed by atoms with E-state index in [0.29, 0.717) is 17.5 Å². The Kier molecular flexibility index (Phi) is 5.65. The maximum absolute atomic E-state index is 5.19. The highest BCUT2D eigenvalue weighted by Gasteiger charge is 2.03. The number of hydrogen-bond acceptors (Lipinski definition) is 4. The van der Waals surface area contributed by atoms with Crippen molar-refractivity contribution in [2.75, 3.05) is 13.7 Å². The van der Waals surface area contributed by atoms with Crippen molar-refractivity contribution >= 4 is 23.0 Å². The first-order valence-corrected chi connectivity index (χ1v) is 5.68. The van der Waals surface area contributed by atoms with Crippen molar-refractivity contribution < 1.29 is 9.15 Å². The summed E-state index contributed by atoms with van der Waals surface area (Å²) in [6, 6.07) is 3.79. The fraction of sp³-hybridized carbons (Fsp3) is 0.455. The molecular formula is C11H17N3O2S. The lowest BCUT2D eigenvalue weighted by molar-refractivity contribution is 0.179. The van der Waals surface area contributed by atoms with E-state index in [-0.39, 0.29) is 6.04 Å². The van der Waals surface area contributed by atoms with Crippen LogP contribution in [0.1, 0.15) is 19.6 Å². The van der Waals surface area contributed by atoms with Crippen LogP contribution in [0.3, 0.4) is 0 Å². The van der Waals surface area contributed by atoms with Crippen molar-refractivity contribution in [3.63, 3.8) is 0 Å². The van der Waals surface area contributed by atoms with Crippen LogP contribution in [0.15, 0.2) is 27.9 Å². The lowest BCUT2D eigenvalue weighted by atomic mass is 10.3. The Balaban J connectivity index is 2.39. The molecule has 94 valence electrons. The van der Waals surface area contributed by atoms with Crippen molar-refractivity contribution in [1.82, 2.24) is 10.7 Å². The molecule has 0 aliphatic carbocycles. The van der Waals surface area contributed by atoms with E-state index in [2.05, 4.69) is 15.8 Å². The van der Waals surface area contributed by atoms with Gasteiger partial charge in [0.25, 0.3) is 0 Å². The molecule has 0 fully saturated rings. The average Bonchev–Trinajstić information content (AvgIpc) is 2.79. The Morgan fingerprint density at radius 2 is 2.41 bits per heavy atom. The topological polar surface area (TPSA) is 58.8 Å². The zero-order valence-electron chi connectivity index (χ0n) is 10.2. The summed E-state index contributed by atoms with van der Waals surface area (Å²) in [7, 11) is 1.65. The number of rotatable bonds is 5. The highest BCUT2D eigenvalue weighted by Crippen LogP contribution is 2.00. The molecule has 0 aliphatic rings. The van der Waals surface area contributed by atoms with Crippen LogP contribution in [0, 0.1) is 0 Å². The first-order chi connectivity index (χ1) is 8.13. The molecule has 1 aromatic heterocycles. The van der Waals surface area contributed by atoms with Crippen LogP contribution in [0.5, 0.6) is 0 Å². The molecule has 0 aromatic carbocycles. The zero-order valence-corrected chi connectivity index (χ0v) is 11.0. The third-order valence-electron chi connectivity index (χ3n) is 2.00. The third kappa shape index (κ3) is 4.97. The summed E-state index contributed by atoms with van der Waals surface area (Å²) >= 11 is 5.08. The van der Waals surface area contributed by atoms with E-state index in [1.54, 1.807) is 13.4 Å². The molecule has 0 saturated heterocycles. The molecule has 0 unspecified atom stereocenters. The van der Waals surface area contributed by atoms with E-state index < -0.39 is 0 Å². The standard InChI is InChI=1S/C11H17N3O2S/c1-8(7-15-3)12-11(17)14-13-9(2)10-5-4-6-16-10/h4-6,8H,7H2,1-3H3,(H2,12,14,17)/b13-9-/t8-/m1/s1. The Bertz CT molecular complexity index is 376. The molecule has 1 atom stereocenters. The molecule has 5 nitrogen and oxygen atoms in total. The van der Waals surface area contributed by atoms with Crippen LogP contribution in [-0.4, -0.2) is 30.6 Å². The number of furan rings is 1. The van der Waals surface area contributed by atoms with Gasteiger partial charge in [0.1, 0.15) is 11.5 Å². The van der Waals surface area contributed by atoms with E-state index in [0.717, 1.165) is 5.71 Å². The smallest absolute Gasteiger partial charge is 0.187 e. The molecule has 0 radical (unpaired) electrons. The number of methoxy groups -OCH3 is 1. The van der Waals surface area contributed by atoms with Crippen molar-refractivity contribution in [2.45, 2.75) is 19.9 Å². The van der Waals surface area contributed by atoms with E-state index in [1.165, 1.54) is 0 Å². The van der Waals surface area contributed by atoms with E-state index >= 15 is 0 Å². The summed E-state index contributed by atoms with van der Waals surface area (Å²) in [5.41, 5.74) is 3.49. The molecule has 17 heavy (non-hydrogen) atoms. The molecule has 0 aliphatic heterocycles. The van der Waals surface area contributed by atoms with Crippen LogP contribution in [0.2, 0.25) is 0 Å². The van der Waals surface area contributed by atoms with Gasteiger partial charge in [-0.3, -0.25) is 5.43 Å². The predicted octanol–water partition coefficient (Wildman–Crippen LogP) is 1.50. The summed E-state index contributed by atoms with van der Waals surface area (Å²) in [6.07, 6.45) is 1.60. The Labute approximate surface area is 106 Å². The highest BCUT2D eigenvalue weighted by atomic mass is 32.1. The fourth-order valence-corrected chi connectivity index (χ4v) is 1.47. The minimum absolute atomic E-state index is 0.138. The number of ether oxygens (including phenoxy) is 1. The van der Waals surface area contributed by atoms with Crippen molar-refractivity contribution in [2.24, 2.45) is 5.10 Å². The van der Waals surface area contributed by atoms with Crippen LogP contribution in [-0.2, 0) is 4.74 Å². The lowest BCUT2D eigenvalue weighted by Gasteiger charge is -2.14. The normalized spacial score (nSPS) is 13.2. The Morgan fingerprint density at radius 1 is 1.65 bits per heavy atom. The first kappa shape index (κ1) is 13.7. The van der Waals surface area contributed by atoms with Gasteiger partial charge < -0.3 is 14.5 Å². The van der Waals surface area contributed by atoms with E-state index in [1.807, 2.05) is 26.0 Å². The van der Waals surface area contributed by atoms with Crippen molar-refractivity contribution in [3.8, 4) is 0 Å². The first-order valence-electron chi connectivity index (χ1n) is 5.27. The van der Waals surface area contributed by atoms with Crippen molar-refractivity contribution in [3.05, 3.63) is 24.2 Å². The maximum Gasteiger partial charge on any atom is 0.187 e. The second kappa shape index (κ2) is 7.03. The minimum atomic E-state index is 0.138. The number of thiocarbonyl (C=S) groups is 1. The van der Waals surface area contributed by atoms with Crippen molar-refractivity contribution in [1.29, 1.82) is 0 Å². The number of nitrogens with zero attached hydrogens (tertiary/aromatic N) is 1. The lowest BCUT2D eigenvalue weighted by Crippen LogP contribution is -2.40. The van der Waals surface area contributed by atoms with Gasteiger partial charge in [-0.1, -0.05) is 0 Å². The summed E-state index contributed by atoms with van der Waals surface area (Å²) in [5, 5.41) is 7.61. The minimum Gasteiger partial charge on any atom is -0.463 e. The second-order valence-electron chi connectivity index (χ2n) is 3.62. The fourth-order valence-electron chi connectivity index (χ4n) is 1.22. The average molecular weight is 255 g/mol. The van der Waals surface area contributed by atoms with Gasteiger partial charge in [-0.15, -0.1) is 0 Å². The van der Waals surface area contributed by atoms with Gasteiger partial charge >= 0.3 is 0 Å². The largest absolute Gasteiger partial charge is 0.463 e. The van der Waals surface area contributed by atoms with Crippen LogP contribution in [0.25, 0.3) is 0 Å². The van der Waals surface area contributed by atoms with Gasteiger partial charge in [-0.25, -0.2) is 0 Å². The molecule has 0 bridgehead atoms. The monoisotopic (exact) mass is 255 g/mol. The Morgan fingerprint density at radius 3 is 3.00 bits per heavy atom. The van der Waals surface area contributed by atoms with Gasteiger partial charge in [0.15, 0.2) is 5.11 Å². The molecule has 1 aromatic rings. The molecule has 2 N–H and O–H groups in total. The van der Waals surface area contributed by atoms with Crippen LogP contribution < -0.4 is 10.7 Å². The Hall–Kier alpha value is -1.40. The third-order valence-corrected chi connectivity index (χ3v) is 2.21. The zero-order chi connectivity index (χ0) is 12.7. The molecule has 6 heteroatoms. The second-order valence-corrected chi connectivity index (χ2v) is 4.02. The van der Waals surface area contributed by atoms with Gasteiger partial charge in [0.05, 0.1) is 12.9 Å². The van der Waals surface area contributed by atoms with Gasteiger partial charge in [0.2, 0.25) is 0 Å². The number of hydrogen-bond donors (Lipinski definition) is 2. The molecule has 0 amide bonds. The van der Waals surface area contributed by atoms with Gasteiger partial charge in [0, 0.05) is 13.2 Å². The highest BCUT2D eigenvalue weighted by molar-refractivity contribution is 7.80. The SMILES string of the molecule is COC[C@@H](C)NC(=S)N/N=C(/C)c1ccco1. The molecular weight excluding hydrogens is 238 g/mol. The quantitative estimate of drug-likeness (QED) is 0.474. The van der Waals surface area contributed by atoms with E-state index in [4.69, 9.17) is 21.4 Å². The molecule has 0 saturated carbocycles. The molecule has 0 spiro atoms. The number of nitrogens with one attached hydrogen (secondary N) is 2. The van der Waals surface area contributed by atoms with Gasteiger partial charge in [-0.05, 0) is 38.2 Å². The molecule has 1 rings (SSSR count). The summed E-state index contributed by atoms with van der Waals surface area (Å²) in [4.78, 5) is 0. The van der Waals surface area contributed by atoms with E-state index in [9.17, 15) is 0 Å².